The summed E-state index contributed by atoms with van der Waals surface area (Å²) in [5.41, 5.74) is 1.07. The third-order valence-corrected chi connectivity index (χ3v) is 3.10. The van der Waals surface area contributed by atoms with Crippen molar-refractivity contribution in [2.24, 2.45) is 0 Å². The number of hydrogen-bond donors (Lipinski definition) is 0. The molecule has 2 rings (SSSR count). The average Bonchev–Trinajstić information content (AvgIpc) is 3.01. The molecule has 0 saturated heterocycles. The molecular weight excluding hydrogens is 286 g/mol. The number of esters is 2. The maximum atomic E-state index is 12.1. The maximum Gasteiger partial charge on any atom is 1.00 e. The lowest BCUT2D eigenvalue weighted by atomic mass is 10.1. The van der Waals surface area contributed by atoms with Gasteiger partial charge in [-0.2, -0.15) is 0 Å². The van der Waals surface area contributed by atoms with Crippen molar-refractivity contribution in [1.29, 1.82) is 0 Å². The normalized spacial score (nSPS) is 10.0. The van der Waals surface area contributed by atoms with Crippen molar-refractivity contribution in [2.45, 2.75) is 13.5 Å². The summed E-state index contributed by atoms with van der Waals surface area (Å²) in [5.74, 6) is -1.33. The molecule has 2 aromatic rings. The molecule has 0 aliphatic carbocycles. The summed E-state index contributed by atoms with van der Waals surface area (Å²) in [6, 6.07) is 8.21. The largest absolute Gasteiger partial charge is 1.00 e. The standard InChI is InChI=1S/C16H15NO5/c1-12-4-5-13(15(19)22-11-18)10-14(12)16(20)21-9-8-17-6-2-3-7-17/h2-7,10-11H,8-9H2,1H3/p+1. The number of rotatable bonds is 6. The molecule has 114 valence electrons. The van der Waals surface area contributed by atoms with Crippen LogP contribution in [-0.4, -0.2) is 29.6 Å². The van der Waals surface area contributed by atoms with E-state index >= 15 is 0 Å². The number of carbonyl (C=O) groups excluding carboxylic acids is 3. The van der Waals surface area contributed by atoms with E-state index in [1.165, 1.54) is 12.1 Å². The fourth-order valence-electron chi connectivity index (χ4n) is 1.92. The monoisotopic (exact) mass is 302 g/mol. The summed E-state index contributed by atoms with van der Waals surface area (Å²) in [7, 11) is 0. The maximum absolute atomic E-state index is 12.1. The van der Waals surface area contributed by atoms with E-state index in [1.807, 2.05) is 29.1 Å². The second-order valence-corrected chi connectivity index (χ2v) is 4.59. The highest BCUT2D eigenvalue weighted by atomic mass is 16.6. The SMILES string of the molecule is Cc1ccc(C(=O)OC=O)cc1C(=O)OCCn1cccc1.[H+]. The minimum absolute atomic E-state index is 0. The highest BCUT2D eigenvalue weighted by molar-refractivity contribution is 5.97. The minimum Gasteiger partial charge on any atom is -0.460 e. The number of carbonyl (C=O) groups is 3. The first-order valence-corrected chi connectivity index (χ1v) is 6.65. The van der Waals surface area contributed by atoms with Gasteiger partial charge in [0.05, 0.1) is 17.7 Å². The van der Waals surface area contributed by atoms with Gasteiger partial charge in [0.25, 0.3) is 0 Å². The Morgan fingerprint density at radius 1 is 1.23 bits per heavy atom. The lowest BCUT2D eigenvalue weighted by Gasteiger charge is -2.09. The molecule has 0 unspecified atom stereocenters. The Morgan fingerprint density at radius 2 is 1.95 bits per heavy atom. The molecule has 0 bridgehead atoms. The smallest absolute Gasteiger partial charge is 0.460 e. The molecule has 0 aliphatic heterocycles. The minimum atomic E-state index is -0.809. The second-order valence-electron chi connectivity index (χ2n) is 4.59. The Hall–Kier alpha value is -2.89. The van der Waals surface area contributed by atoms with Crippen molar-refractivity contribution in [2.75, 3.05) is 6.61 Å². The molecule has 0 amide bonds. The van der Waals surface area contributed by atoms with Gasteiger partial charge in [-0.15, -0.1) is 0 Å². The van der Waals surface area contributed by atoms with Crippen LogP contribution in [0.25, 0.3) is 0 Å². The van der Waals surface area contributed by atoms with Crippen molar-refractivity contribution >= 4 is 18.4 Å². The van der Waals surface area contributed by atoms with Crippen LogP contribution in [0.4, 0.5) is 0 Å². The molecule has 22 heavy (non-hydrogen) atoms. The molecule has 6 heteroatoms. The summed E-state index contributed by atoms with van der Waals surface area (Å²) in [4.78, 5) is 33.8. The van der Waals surface area contributed by atoms with Crippen LogP contribution in [0.3, 0.4) is 0 Å². The van der Waals surface area contributed by atoms with Crippen LogP contribution in [-0.2, 0) is 20.8 Å². The van der Waals surface area contributed by atoms with Crippen molar-refractivity contribution in [3.63, 3.8) is 0 Å². The molecule has 0 fully saturated rings. The predicted octanol–water partition coefficient (Wildman–Crippen LogP) is 2.08. The van der Waals surface area contributed by atoms with Crippen molar-refractivity contribution < 1.29 is 25.3 Å². The lowest BCUT2D eigenvalue weighted by Crippen LogP contribution is -2.13. The highest BCUT2D eigenvalue weighted by Gasteiger charge is 2.15. The van der Waals surface area contributed by atoms with E-state index in [1.54, 1.807) is 13.0 Å². The van der Waals surface area contributed by atoms with Crippen LogP contribution in [0.15, 0.2) is 42.7 Å². The van der Waals surface area contributed by atoms with E-state index in [4.69, 9.17) is 4.74 Å². The Labute approximate surface area is 128 Å². The molecule has 6 nitrogen and oxygen atoms in total. The third-order valence-electron chi connectivity index (χ3n) is 3.10. The number of hydrogen-bond acceptors (Lipinski definition) is 5. The van der Waals surface area contributed by atoms with Crippen LogP contribution in [0, 0.1) is 6.92 Å². The van der Waals surface area contributed by atoms with Crippen molar-refractivity contribution in [3.8, 4) is 0 Å². The van der Waals surface area contributed by atoms with Gasteiger partial charge in [-0.3, -0.25) is 4.79 Å². The Bertz CT molecular complexity index is 682. The molecule has 1 heterocycles. The molecule has 0 N–H and O–H groups in total. The molecule has 1 aromatic heterocycles. The molecule has 0 spiro atoms. The van der Waals surface area contributed by atoms with Crippen LogP contribution >= 0.6 is 0 Å². The topological polar surface area (TPSA) is 74.6 Å². The number of aryl methyl sites for hydroxylation is 1. The van der Waals surface area contributed by atoms with Gasteiger partial charge in [-0.1, -0.05) is 6.07 Å². The predicted molar refractivity (Wildman–Crippen MR) is 78.5 cm³/mol. The lowest BCUT2D eigenvalue weighted by molar-refractivity contribution is -0.123. The van der Waals surface area contributed by atoms with Gasteiger partial charge in [0.15, 0.2) is 0 Å². The number of benzene rings is 1. The number of nitrogens with zero attached hydrogens (tertiary/aromatic N) is 1. The molecule has 0 saturated carbocycles. The van der Waals surface area contributed by atoms with Crippen LogP contribution in [0.5, 0.6) is 0 Å². The fraction of sp³-hybridized carbons (Fsp3) is 0.188. The first kappa shape index (κ1) is 15.5. The quantitative estimate of drug-likeness (QED) is 0.464. The van der Waals surface area contributed by atoms with Crippen molar-refractivity contribution in [1.82, 2.24) is 4.57 Å². The Morgan fingerprint density at radius 3 is 2.64 bits per heavy atom. The summed E-state index contributed by atoms with van der Waals surface area (Å²) in [5, 5.41) is 0. The zero-order valence-electron chi connectivity index (χ0n) is 13.0. The first-order valence-electron chi connectivity index (χ1n) is 6.65. The van der Waals surface area contributed by atoms with Crippen LogP contribution in [0.1, 0.15) is 27.7 Å². The van der Waals surface area contributed by atoms with Gasteiger partial charge in [0, 0.05) is 12.4 Å². The van der Waals surface area contributed by atoms with Gasteiger partial charge in [0.1, 0.15) is 6.61 Å². The van der Waals surface area contributed by atoms with Gasteiger partial charge in [-0.25, -0.2) is 9.59 Å². The van der Waals surface area contributed by atoms with E-state index in [-0.39, 0.29) is 25.6 Å². The number of ether oxygens (including phenoxy) is 2. The molecule has 0 aliphatic rings. The van der Waals surface area contributed by atoms with E-state index < -0.39 is 11.9 Å². The van der Waals surface area contributed by atoms with Gasteiger partial charge < -0.3 is 14.0 Å². The Kier molecular flexibility index (Phi) is 5.08. The molecular formula is C16H16NO5+. The summed E-state index contributed by atoms with van der Waals surface area (Å²) < 4.78 is 11.3. The molecule has 0 atom stereocenters. The van der Waals surface area contributed by atoms with Crippen LogP contribution in [0.2, 0.25) is 0 Å². The highest BCUT2D eigenvalue weighted by Crippen LogP contribution is 2.13. The summed E-state index contributed by atoms with van der Waals surface area (Å²) >= 11 is 0. The van der Waals surface area contributed by atoms with E-state index in [0.29, 0.717) is 12.1 Å². The first-order chi connectivity index (χ1) is 10.6. The molecule has 0 radical (unpaired) electrons. The molecule has 1 aromatic carbocycles. The third kappa shape index (κ3) is 3.82. The zero-order chi connectivity index (χ0) is 15.9. The number of aromatic nitrogens is 1. The Balaban J connectivity index is 0.00000264. The van der Waals surface area contributed by atoms with Crippen LogP contribution < -0.4 is 0 Å². The summed E-state index contributed by atoms with van der Waals surface area (Å²) in [6.07, 6.45) is 3.74. The summed E-state index contributed by atoms with van der Waals surface area (Å²) in [6.45, 7) is 2.55. The second kappa shape index (κ2) is 7.21. The van der Waals surface area contributed by atoms with Gasteiger partial charge in [0.2, 0.25) is 0 Å². The van der Waals surface area contributed by atoms with Gasteiger partial charge in [-0.05, 0) is 36.8 Å². The van der Waals surface area contributed by atoms with E-state index in [0.717, 1.165) is 0 Å². The van der Waals surface area contributed by atoms with E-state index in [9.17, 15) is 14.4 Å². The van der Waals surface area contributed by atoms with E-state index in [2.05, 4.69) is 4.74 Å². The average molecular weight is 302 g/mol. The fourth-order valence-corrected chi connectivity index (χ4v) is 1.92. The van der Waals surface area contributed by atoms with Gasteiger partial charge >= 0.3 is 19.8 Å². The van der Waals surface area contributed by atoms with Crippen molar-refractivity contribution in [3.05, 3.63) is 59.4 Å². The zero-order valence-corrected chi connectivity index (χ0v) is 12.0.